The fourth-order valence-electron chi connectivity index (χ4n) is 6.01. The maximum absolute atomic E-state index is 13.2. The van der Waals surface area contributed by atoms with E-state index in [0.717, 1.165) is 46.1 Å². The monoisotopic (exact) mass is 635 g/mol. The molecule has 244 valence electrons. The van der Waals surface area contributed by atoms with E-state index in [1.807, 2.05) is 121 Å². The Morgan fingerprint density at radius 3 is 2.09 bits per heavy atom. The summed E-state index contributed by atoms with van der Waals surface area (Å²) in [6.45, 7) is 14.0. The predicted molar refractivity (Wildman–Crippen MR) is 180 cm³/mol. The highest BCUT2D eigenvalue weighted by atomic mass is 16.7. The van der Waals surface area contributed by atoms with E-state index in [2.05, 4.69) is 5.16 Å². The molecule has 0 bridgehead atoms. The first kappa shape index (κ1) is 32.7. The first-order valence-corrected chi connectivity index (χ1v) is 16.3. The van der Waals surface area contributed by atoms with Crippen molar-refractivity contribution in [3.63, 3.8) is 0 Å². The fourth-order valence-corrected chi connectivity index (χ4v) is 6.01. The van der Waals surface area contributed by atoms with Crippen molar-refractivity contribution < 1.29 is 32.9 Å². The van der Waals surface area contributed by atoms with Gasteiger partial charge in [-0.15, -0.1) is 0 Å². The third-order valence-electron chi connectivity index (χ3n) is 9.85. The van der Waals surface area contributed by atoms with Gasteiger partial charge in [0.1, 0.15) is 6.10 Å². The fraction of sp³-hybridized carbons (Fsp3) is 0.395. The van der Waals surface area contributed by atoms with E-state index in [9.17, 15) is 9.59 Å². The molecule has 2 heterocycles. The molecular formula is C38H42BNO7. The van der Waals surface area contributed by atoms with Crippen molar-refractivity contribution in [1.82, 2.24) is 5.16 Å². The Labute approximate surface area is 276 Å². The van der Waals surface area contributed by atoms with E-state index in [1.54, 1.807) is 0 Å². The Kier molecular flexibility index (Phi) is 8.66. The molecule has 6 rings (SSSR count). The Bertz CT molecular complexity index is 1750. The van der Waals surface area contributed by atoms with E-state index in [0.29, 0.717) is 23.6 Å². The van der Waals surface area contributed by atoms with Gasteiger partial charge in [-0.1, -0.05) is 78.0 Å². The lowest BCUT2D eigenvalue weighted by molar-refractivity contribution is -0.148. The van der Waals surface area contributed by atoms with Gasteiger partial charge in [0.25, 0.3) is 0 Å². The van der Waals surface area contributed by atoms with Gasteiger partial charge in [0.2, 0.25) is 0 Å². The number of hydrogen-bond acceptors (Lipinski definition) is 8. The number of aromatic nitrogens is 1. The number of hydrogen-bond donors (Lipinski definition) is 0. The quantitative estimate of drug-likeness (QED) is 0.135. The minimum Gasteiger partial charge on any atom is -0.465 e. The summed E-state index contributed by atoms with van der Waals surface area (Å²) in [4.78, 5) is 25.7. The Hall–Kier alpha value is -4.21. The average Bonchev–Trinajstić information content (AvgIpc) is 3.74. The lowest BCUT2D eigenvalue weighted by atomic mass is 9.78. The van der Waals surface area contributed by atoms with Crippen LogP contribution in [0, 0.1) is 6.92 Å². The van der Waals surface area contributed by atoms with Crippen LogP contribution in [0.5, 0.6) is 0 Å². The van der Waals surface area contributed by atoms with Crippen LogP contribution in [-0.2, 0) is 40.2 Å². The molecule has 1 saturated carbocycles. The van der Waals surface area contributed by atoms with Crippen molar-refractivity contribution in [1.29, 1.82) is 0 Å². The minimum atomic E-state index is -0.498. The molecule has 9 heteroatoms. The lowest BCUT2D eigenvalue weighted by Gasteiger charge is -2.32. The van der Waals surface area contributed by atoms with Crippen molar-refractivity contribution in [3.05, 3.63) is 95.2 Å². The van der Waals surface area contributed by atoms with E-state index < -0.39 is 29.8 Å². The smallest absolute Gasteiger partial charge is 0.465 e. The molecule has 1 saturated heterocycles. The number of ether oxygens (including phenoxy) is 2. The molecule has 1 aliphatic carbocycles. The minimum absolute atomic E-state index is 0.0252. The third-order valence-corrected chi connectivity index (χ3v) is 9.85. The number of esters is 2. The predicted octanol–water partition coefficient (Wildman–Crippen LogP) is 7.06. The van der Waals surface area contributed by atoms with Crippen LogP contribution < -0.4 is 5.46 Å². The number of nitrogens with zero attached hydrogens (tertiary/aromatic N) is 1. The lowest BCUT2D eigenvalue weighted by Crippen LogP contribution is -2.41. The second-order valence-corrected chi connectivity index (χ2v) is 13.6. The van der Waals surface area contributed by atoms with Crippen LogP contribution in [0.1, 0.15) is 82.9 Å². The Balaban J connectivity index is 1.11. The normalized spacial score (nSPS) is 18.1. The number of carbonyl (C=O) groups is 2. The van der Waals surface area contributed by atoms with Crippen LogP contribution >= 0.6 is 0 Å². The zero-order valence-electron chi connectivity index (χ0n) is 28.2. The summed E-state index contributed by atoms with van der Waals surface area (Å²) in [7, 11) is -0.498. The molecular weight excluding hydrogens is 593 g/mol. The van der Waals surface area contributed by atoms with Gasteiger partial charge >= 0.3 is 19.1 Å². The third kappa shape index (κ3) is 6.39. The van der Waals surface area contributed by atoms with Crippen LogP contribution in [0.15, 0.2) is 77.3 Å². The summed E-state index contributed by atoms with van der Waals surface area (Å²) in [6, 6.07) is 23.8. The highest BCUT2D eigenvalue weighted by Gasteiger charge is 2.53. The van der Waals surface area contributed by atoms with Gasteiger partial charge in [-0.05, 0) is 89.0 Å². The summed E-state index contributed by atoms with van der Waals surface area (Å²) in [5.74, 6) is 0.0293. The molecule has 1 aromatic heterocycles. The van der Waals surface area contributed by atoms with Crippen LogP contribution in [0.25, 0.3) is 22.5 Å². The van der Waals surface area contributed by atoms with Gasteiger partial charge in [0.15, 0.2) is 5.76 Å². The second kappa shape index (κ2) is 12.4. The maximum atomic E-state index is 13.2. The first-order chi connectivity index (χ1) is 22.3. The molecule has 1 atom stereocenters. The molecule has 0 N–H and O–H groups in total. The molecule has 0 unspecified atom stereocenters. The SMILES string of the molecule is CCOC(=O)C1(c2ccc(-c3ccc(-c4onc(C)c4CC(=O)O[C@H](C)c4cccc(B5OC(C)(C)C(C)(C)O5)c4)cc3)cc2)CC1. The van der Waals surface area contributed by atoms with Crippen molar-refractivity contribution in [2.24, 2.45) is 0 Å². The number of aryl methyl sites for hydroxylation is 1. The van der Waals surface area contributed by atoms with Crippen LogP contribution in [0.4, 0.5) is 0 Å². The molecule has 2 aliphatic rings. The van der Waals surface area contributed by atoms with E-state index in [4.69, 9.17) is 23.3 Å². The summed E-state index contributed by atoms with van der Waals surface area (Å²) in [5, 5.41) is 4.16. The molecule has 8 nitrogen and oxygen atoms in total. The van der Waals surface area contributed by atoms with Crippen LogP contribution in [0.3, 0.4) is 0 Å². The van der Waals surface area contributed by atoms with Gasteiger partial charge in [-0.2, -0.15) is 0 Å². The molecule has 4 aromatic rings. The van der Waals surface area contributed by atoms with E-state index in [1.165, 1.54) is 0 Å². The van der Waals surface area contributed by atoms with Gasteiger partial charge < -0.3 is 23.3 Å². The first-order valence-electron chi connectivity index (χ1n) is 16.3. The number of rotatable bonds is 10. The number of benzene rings is 3. The van der Waals surface area contributed by atoms with Crippen molar-refractivity contribution >= 4 is 24.5 Å². The molecule has 0 amide bonds. The molecule has 2 fully saturated rings. The summed E-state index contributed by atoms with van der Waals surface area (Å²) < 4.78 is 29.3. The Morgan fingerprint density at radius 1 is 0.894 bits per heavy atom. The highest BCUT2D eigenvalue weighted by Crippen LogP contribution is 2.49. The topological polar surface area (TPSA) is 97.1 Å². The molecule has 1 aliphatic heterocycles. The molecule has 3 aromatic carbocycles. The summed E-state index contributed by atoms with van der Waals surface area (Å²) in [5.41, 5.74) is 5.55. The highest BCUT2D eigenvalue weighted by molar-refractivity contribution is 6.62. The van der Waals surface area contributed by atoms with Gasteiger partial charge in [-0.3, -0.25) is 9.59 Å². The second-order valence-electron chi connectivity index (χ2n) is 13.6. The van der Waals surface area contributed by atoms with E-state index >= 15 is 0 Å². The van der Waals surface area contributed by atoms with Gasteiger partial charge in [-0.25, -0.2) is 0 Å². The largest absolute Gasteiger partial charge is 0.494 e. The number of carbonyl (C=O) groups excluding carboxylic acids is 2. The molecule has 47 heavy (non-hydrogen) atoms. The van der Waals surface area contributed by atoms with Crippen molar-refractivity contribution in [3.8, 4) is 22.5 Å². The van der Waals surface area contributed by atoms with Crippen LogP contribution in [-0.4, -0.2) is 42.0 Å². The Morgan fingerprint density at radius 2 is 1.49 bits per heavy atom. The summed E-state index contributed by atoms with van der Waals surface area (Å²) >= 11 is 0. The maximum Gasteiger partial charge on any atom is 0.494 e. The average molecular weight is 636 g/mol. The van der Waals surface area contributed by atoms with Crippen LogP contribution in [0.2, 0.25) is 0 Å². The van der Waals surface area contributed by atoms with Crippen molar-refractivity contribution in [2.75, 3.05) is 6.61 Å². The molecule has 0 spiro atoms. The van der Waals surface area contributed by atoms with E-state index in [-0.39, 0.29) is 18.4 Å². The zero-order valence-corrected chi connectivity index (χ0v) is 28.2. The zero-order chi connectivity index (χ0) is 33.6. The molecule has 0 radical (unpaired) electrons. The van der Waals surface area contributed by atoms with Gasteiger partial charge in [0.05, 0.1) is 35.3 Å². The van der Waals surface area contributed by atoms with Gasteiger partial charge in [0, 0.05) is 11.1 Å². The van der Waals surface area contributed by atoms with Crippen molar-refractivity contribution in [2.45, 2.75) is 90.4 Å². The standard InChI is InChI=1S/C38H42BNO7/c1-8-43-35(42)38(20-21-38)30-18-16-27(17-19-30)26-12-14-28(15-13-26)34-32(24(2)40-45-34)23-33(41)44-25(3)29-10-9-11-31(22-29)39-46-36(4,5)37(6,7)47-39/h9-19,22,25H,8,20-21,23H2,1-7H3/t25-/m1/s1. The summed E-state index contributed by atoms with van der Waals surface area (Å²) in [6.07, 6.45) is 1.19.